The number of fused-ring (bicyclic) bond motifs is 2. The molecule has 2 aliphatic rings. The van der Waals surface area contributed by atoms with Crippen LogP contribution in [-0.4, -0.2) is 34.3 Å². The van der Waals surface area contributed by atoms with Gasteiger partial charge in [-0.2, -0.15) is 0 Å². The Hall–Kier alpha value is -3.39. The summed E-state index contributed by atoms with van der Waals surface area (Å²) in [4.78, 5) is 51.5. The lowest BCUT2D eigenvalue weighted by Gasteiger charge is -2.27. The Kier molecular flexibility index (Phi) is 4.66. The molecule has 0 radical (unpaired) electrons. The lowest BCUT2D eigenvalue weighted by Crippen LogP contribution is -2.47. The van der Waals surface area contributed by atoms with Crippen LogP contribution in [0, 0.1) is 5.82 Å². The number of carbonyl (C=O) groups excluding carboxylic acids is 4. The van der Waals surface area contributed by atoms with E-state index in [9.17, 15) is 23.6 Å². The number of ether oxygens (including phenoxy) is 1. The second kappa shape index (κ2) is 7.39. The highest BCUT2D eigenvalue weighted by Gasteiger charge is 2.45. The summed E-state index contributed by atoms with van der Waals surface area (Å²) in [6.07, 6.45) is 0.0479. The van der Waals surface area contributed by atoms with Gasteiger partial charge >= 0.3 is 0 Å². The summed E-state index contributed by atoms with van der Waals surface area (Å²) in [6, 6.07) is 10.4. The van der Waals surface area contributed by atoms with Gasteiger partial charge in [-0.1, -0.05) is 12.1 Å². The SMILES string of the molecule is O=C1CCC(N2C(=O)c3cccc(OCc4cc5c(F)cccc5s4)c3C2=O)C(=O)C1. The Morgan fingerprint density at radius 2 is 1.87 bits per heavy atom. The van der Waals surface area contributed by atoms with Gasteiger partial charge in [-0.3, -0.25) is 24.1 Å². The molecule has 1 aliphatic carbocycles. The lowest BCUT2D eigenvalue weighted by molar-refractivity contribution is -0.132. The van der Waals surface area contributed by atoms with E-state index in [1.165, 1.54) is 23.5 Å². The lowest BCUT2D eigenvalue weighted by atomic mass is 9.92. The van der Waals surface area contributed by atoms with Crippen molar-refractivity contribution in [3.05, 3.63) is 64.3 Å². The molecule has 1 atom stereocenters. The molecule has 8 heteroatoms. The van der Waals surface area contributed by atoms with E-state index in [1.54, 1.807) is 24.3 Å². The molecule has 5 rings (SSSR count). The molecule has 31 heavy (non-hydrogen) atoms. The molecule has 1 unspecified atom stereocenters. The minimum absolute atomic E-state index is 0.105. The summed E-state index contributed by atoms with van der Waals surface area (Å²) in [5.74, 6) is -1.82. The fraction of sp³-hybridized carbons (Fsp3) is 0.217. The third-order valence-electron chi connectivity index (χ3n) is 5.59. The maximum Gasteiger partial charge on any atom is 0.266 e. The molecule has 1 aromatic heterocycles. The van der Waals surface area contributed by atoms with Gasteiger partial charge in [0.2, 0.25) is 0 Å². The molecule has 0 spiro atoms. The number of amides is 2. The van der Waals surface area contributed by atoms with Gasteiger partial charge in [0.15, 0.2) is 5.78 Å². The number of imide groups is 1. The number of thiophene rings is 1. The molecule has 3 aromatic rings. The van der Waals surface area contributed by atoms with Crippen molar-refractivity contribution in [2.75, 3.05) is 0 Å². The molecule has 2 aromatic carbocycles. The first-order chi connectivity index (χ1) is 14.9. The molecule has 6 nitrogen and oxygen atoms in total. The van der Waals surface area contributed by atoms with E-state index >= 15 is 0 Å². The average Bonchev–Trinajstić information content (AvgIpc) is 3.28. The van der Waals surface area contributed by atoms with E-state index in [2.05, 4.69) is 0 Å². The number of halogens is 1. The average molecular weight is 437 g/mol. The fourth-order valence-electron chi connectivity index (χ4n) is 4.11. The fourth-order valence-corrected chi connectivity index (χ4v) is 5.10. The Balaban J connectivity index is 1.42. The van der Waals surface area contributed by atoms with E-state index in [4.69, 9.17) is 4.74 Å². The first-order valence-corrected chi connectivity index (χ1v) is 10.6. The summed E-state index contributed by atoms with van der Waals surface area (Å²) < 4.78 is 20.6. The highest BCUT2D eigenvalue weighted by atomic mass is 32.1. The van der Waals surface area contributed by atoms with Crippen molar-refractivity contribution in [2.45, 2.75) is 31.9 Å². The summed E-state index contributed by atoms with van der Waals surface area (Å²) >= 11 is 1.39. The topological polar surface area (TPSA) is 80.8 Å². The Bertz CT molecular complexity index is 1280. The molecular weight excluding hydrogens is 421 g/mol. The van der Waals surface area contributed by atoms with E-state index < -0.39 is 23.6 Å². The molecular formula is C23H16FNO5S. The number of ketones is 2. The third-order valence-corrected chi connectivity index (χ3v) is 6.66. The van der Waals surface area contributed by atoms with Crippen molar-refractivity contribution in [1.29, 1.82) is 0 Å². The van der Waals surface area contributed by atoms with Crippen molar-refractivity contribution in [2.24, 2.45) is 0 Å². The van der Waals surface area contributed by atoms with Crippen molar-refractivity contribution in [3.8, 4) is 5.75 Å². The zero-order valence-electron chi connectivity index (χ0n) is 16.2. The van der Waals surface area contributed by atoms with Crippen molar-refractivity contribution >= 4 is 44.8 Å². The van der Waals surface area contributed by atoms with Gasteiger partial charge in [0.05, 0.1) is 23.6 Å². The minimum atomic E-state index is -0.927. The number of nitrogens with zero attached hydrogens (tertiary/aromatic N) is 1. The second-order valence-corrected chi connectivity index (χ2v) is 8.72. The Morgan fingerprint density at radius 3 is 2.65 bits per heavy atom. The standard InChI is InChI=1S/C23H16FNO5S/c24-16-4-2-6-20-15(16)10-13(31-20)11-30-19-5-1-3-14-21(19)23(29)25(22(14)28)17-8-7-12(26)9-18(17)27/h1-6,10,17H,7-9,11H2. The largest absolute Gasteiger partial charge is 0.487 e. The van der Waals surface area contributed by atoms with Gasteiger partial charge in [0.25, 0.3) is 11.8 Å². The molecule has 2 amide bonds. The van der Waals surface area contributed by atoms with Gasteiger partial charge in [-0.05, 0) is 36.8 Å². The van der Waals surface area contributed by atoms with Crippen LogP contribution >= 0.6 is 11.3 Å². The van der Waals surface area contributed by atoms with Crippen molar-refractivity contribution in [3.63, 3.8) is 0 Å². The molecule has 1 aliphatic heterocycles. The molecule has 156 valence electrons. The molecule has 0 saturated heterocycles. The zero-order valence-corrected chi connectivity index (χ0v) is 17.0. The molecule has 0 N–H and O–H groups in total. The van der Waals surface area contributed by atoms with E-state index in [0.717, 1.165) is 14.5 Å². The second-order valence-electron chi connectivity index (χ2n) is 7.55. The predicted octanol–water partition coefficient (Wildman–Crippen LogP) is 3.91. The van der Waals surface area contributed by atoms with Crippen LogP contribution in [-0.2, 0) is 16.2 Å². The molecule has 2 heterocycles. The Labute approximate surface area is 180 Å². The molecule has 1 saturated carbocycles. The first-order valence-electron chi connectivity index (χ1n) is 9.79. The summed E-state index contributed by atoms with van der Waals surface area (Å²) in [5.41, 5.74) is 0.291. The normalized spacial score (nSPS) is 18.7. The smallest absolute Gasteiger partial charge is 0.266 e. The predicted molar refractivity (Wildman–Crippen MR) is 111 cm³/mol. The van der Waals surface area contributed by atoms with Crippen LogP contribution in [0.5, 0.6) is 5.75 Å². The Morgan fingerprint density at radius 1 is 1.06 bits per heavy atom. The summed E-state index contributed by atoms with van der Waals surface area (Å²) in [6.45, 7) is 0.105. The first kappa shape index (κ1) is 19.6. The van der Waals surface area contributed by atoms with Crippen LogP contribution in [0.15, 0.2) is 42.5 Å². The zero-order chi connectivity index (χ0) is 21.7. The maximum atomic E-state index is 13.9. The highest BCUT2D eigenvalue weighted by molar-refractivity contribution is 7.19. The number of carbonyl (C=O) groups is 4. The minimum Gasteiger partial charge on any atom is -0.487 e. The van der Waals surface area contributed by atoms with Crippen LogP contribution in [0.25, 0.3) is 10.1 Å². The van der Waals surface area contributed by atoms with Gasteiger partial charge in [0, 0.05) is 21.4 Å². The third kappa shape index (κ3) is 3.23. The van der Waals surface area contributed by atoms with Crippen molar-refractivity contribution < 1.29 is 28.3 Å². The van der Waals surface area contributed by atoms with Gasteiger partial charge in [-0.25, -0.2) is 4.39 Å². The van der Waals surface area contributed by atoms with Crippen LogP contribution in [0.4, 0.5) is 4.39 Å². The summed E-state index contributed by atoms with van der Waals surface area (Å²) in [7, 11) is 0. The van der Waals surface area contributed by atoms with E-state index in [1.807, 2.05) is 6.07 Å². The van der Waals surface area contributed by atoms with Crippen LogP contribution in [0.2, 0.25) is 0 Å². The van der Waals surface area contributed by atoms with Crippen LogP contribution in [0.3, 0.4) is 0 Å². The van der Waals surface area contributed by atoms with Crippen LogP contribution in [0.1, 0.15) is 44.9 Å². The number of hydrogen-bond donors (Lipinski definition) is 0. The number of hydrogen-bond acceptors (Lipinski definition) is 6. The van der Waals surface area contributed by atoms with Crippen LogP contribution < -0.4 is 4.74 Å². The molecule has 1 fully saturated rings. The monoisotopic (exact) mass is 437 g/mol. The highest BCUT2D eigenvalue weighted by Crippen LogP contribution is 2.35. The number of Topliss-reactive ketones (excluding diaryl/α,β-unsaturated/α-hetero) is 2. The number of rotatable bonds is 4. The van der Waals surface area contributed by atoms with E-state index in [0.29, 0.717) is 5.39 Å². The van der Waals surface area contributed by atoms with Gasteiger partial charge in [0.1, 0.15) is 24.0 Å². The summed E-state index contributed by atoms with van der Waals surface area (Å²) in [5, 5.41) is 0.507. The van der Waals surface area contributed by atoms with E-state index in [-0.39, 0.29) is 54.3 Å². The van der Waals surface area contributed by atoms with Gasteiger partial charge in [-0.15, -0.1) is 11.3 Å². The molecule has 0 bridgehead atoms. The number of benzene rings is 2. The maximum absolute atomic E-state index is 13.9. The van der Waals surface area contributed by atoms with Crippen molar-refractivity contribution in [1.82, 2.24) is 4.90 Å². The van der Waals surface area contributed by atoms with Gasteiger partial charge < -0.3 is 4.74 Å². The quantitative estimate of drug-likeness (QED) is 0.457.